The van der Waals surface area contributed by atoms with E-state index in [1.807, 2.05) is 13.8 Å². The average Bonchev–Trinajstić information content (AvgIpc) is 2.78. The van der Waals surface area contributed by atoms with E-state index in [-0.39, 0.29) is 24.4 Å². The maximum atomic E-state index is 15.1. The zero-order valence-corrected chi connectivity index (χ0v) is 19.1. The molecule has 1 saturated heterocycles. The van der Waals surface area contributed by atoms with E-state index in [2.05, 4.69) is 20.5 Å². The van der Waals surface area contributed by atoms with Gasteiger partial charge in [0, 0.05) is 50.6 Å². The van der Waals surface area contributed by atoms with Crippen LogP contribution in [0.4, 0.5) is 25.4 Å². The molecular formula is C23H30FN5O4. The molecule has 0 spiro atoms. The first-order chi connectivity index (χ1) is 15.9. The summed E-state index contributed by atoms with van der Waals surface area (Å²) in [7, 11) is 1.55. The van der Waals surface area contributed by atoms with E-state index in [4.69, 9.17) is 9.47 Å². The van der Waals surface area contributed by atoms with Crippen molar-refractivity contribution < 1.29 is 23.5 Å². The van der Waals surface area contributed by atoms with Crippen molar-refractivity contribution in [1.29, 1.82) is 0 Å². The second-order valence-corrected chi connectivity index (χ2v) is 7.93. The minimum Gasteiger partial charge on any atom is -0.447 e. The molecule has 2 N–H and O–H groups in total. The van der Waals surface area contributed by atoms with Crippen molar-refractivity contribution in [2.45, 2.75) is 26.4 Å². The number of carbonyl (C=O) groups is 2. The Hall–Kier alpha value is -3.24. The highest BCUT2D eigenvalue weighted by Crippen LogP contribution is 2.22. The number of halogens is 1. The van der Waals surface area contributed by atoms with Gasteiger partial charge in [-0.15, -0.1) is 0 Å². The van der Waals surface area contributed by atoms with Crippen molar-refractivity contribution in [3.63, 3.8) is 0 Å². The monoisotopic (exact) mass is 459 g/mol. The predicted octanol–water partition coefficient (Wildman–Crippen LogP) is 3.46. The number of amides is 3. The summed E-state index contributed by atoms with van der Waals surface area (Å²) in [5, 5.41) is 5.19. The van der Waals surface area contributed by atoms with Crippen molar-refractivity contribution in [2.24, 2.45) is 0 Å². The summed E-state index contributed by atoms with van der Waals surface area (Å²) in [6.45, 7) is 6.35. The second-order valence-electron chi connectivity index (χ2n) is 7.93. The van der Waals surface area contributed by atoms with Crippen molar-refractivity contribution in [2.75, 3.05) is 50.6 Å². The lowest BCUT2D eigenvalue weighted by Gasteiger charge is -2.39. The summed E-state index contributed by atoms with van der Waals surface area (Å²) in [4.78, 5) is 32.4. The summed E-state index contributed by atoms with van der Waals surface area (Å²) < 4.78 is 25.2. The number of piperazine rings is 1. The minimum absolute atomic E-state index is 0.0768. The summed E-state index contributed by atoms with van der Waals surface area (Å²) in [5.41, 5.74) is 1.91. The standard InChI is InChI=1S/C23H30FN5O4/c1-16-7-8-19(13-25-16)26-22(30)27-20-6-4-5-18(21(20)24)15-28-9-10-29(17(2)14-28)23(31)33-12-11-32-3/h4-8,13,17H,9-12,14-15H2,1-3H3,(H2,26,27,30)/t17-/m0/s1. The molecule has 1 fully saturated rings. The largest absolute Gasteiger partial charge is 0.447 e. The van der Waals surface area contributed by atoms with E-state index in [0.717, 1.165) is 5.69 Å². The Bertz CT molecular complexity index is 956. The van der Waals surface area contributed by atoms with Gasteiger partial charge < -0.3 is 25.0 Å². The highest BCUT2D eigenvalue weighted by Gasteiger charge is 2.29. The molecule has 10 heteroatoms. The van der Waals surface area contributed by atoms with E-state index < -0.39 is 11.8 Å². The zero-order valence-electron chi connectivity index (χ0n) is 19.1. The van der Waals surface area contributed by atoms with Gasteiger partial charge in [0.25, 0.3) is 0 Å². The zero-order chi connectivity index (χ0) is 23.8. The van der Waals surface area contributed by atoms with Gasteiger partial charge in [-0.2, -0.15) is 0 Å². The fourth-order valence-electron chi connectivity index (χ4n) is 3.61. The van der Waals surface area contributed by atoms with Crippen LogP contribution in [-0.2, 0) is 16.0 Å². The molecular weight excluding hydrogens is 429 g/mol. The number of aryl methyl sites for hydroxylation is 1. The smallest absolute Gasteiger partial charge is 0.410 e. The van der Waals surface area contributed by atoms with Crippen LogP contribution in [-0.4, -0.2) is 72.9 Å². The Morgan fingerprint density at radius 2 is 2.00 bits per heavy atom. The Labute approximate surface area is 192 Å². The number of aromatic nitrogens is 1. The number of carbonyl (C=O) groups excluding carboxylic acids is 2. The van der Waals surface area contributed by atoms with Gasteiger partial charge in [-0.25, -0.2) is 14.0 Å². The number of pyridine rings is 1. The number of benzene rings is 1. The first kappa shape index (κ1) is 24.4. The number of ether oxygens (including phenoxy) is 2. The molecule has 3 rings (SSSR count). The Balaban J connectivity index is 1.55. The topological polar surface area (TPSA) is 96.0 Å². The summed E-state index contributed by atoms with van der Waals surface area (Å²) in [6.07, 6.45) is 1.17. The molecule has 2 heterocycles. The maximum Gasteiger partial charge on any atom is 0.410 e. The van der Waals surface area contributed by atoms with Crippen LogP contribution in [0.5, 0.6) is 0 Å². The third-order valence-electron chi connectivity index (χ3n) is 5.35. The van der Waals surface area contributed by atoms with Crippen LogP contribution in [0.2, 0.25) is 0 Å². The average molecular weight is 460 g/mol. The van der Waals surface area contributed by atoms with Crippen LogP contribution in [0.1, 0.15) is 18.2 Å². The number of methoxy groups -OCH3 is 1. The molecule has 1 aromatic carbocycles. The van der Waals surface area contributed by atoms with Crippen LogP contribution >= 0.6 is 0 Å². The second kappa shape index (κ2) is 11.6. The summed E-state index contributed by atoms with van der Waals surface area (Å²) >= 11 is 0. The molecule has 0 aliphatic carbocycles. The van der Waals surface area contributed by atoms with Crippen LogP contribution in [0, 0.1) is 12.7 Å². The normalized spacial score (nSPS) is 16.4. The molecule has 9 nitrogen and oxygen atoms in total. The lowest BCUT2D eigenvalue weighted by molar-refractivity contribution is 0.0362. The first-order valence-corrected chi connectivity index (χ1v) is 10.8. The number of rotatable bonds is 7. The number of nitrogens with zero attached hydrogens (tertiary/aromatic N) is 3. The van der Waals surface area contributed by atoms with Gasteiger partial charge in [0.05, 0.1) is 24.2 Å². The molecule has 0 bridgehead atoms. The van der Waals surface area contributed by atoms with E-state index in [1.165, 1.54) is 12.3 Å². The lowest BCUT2D eigenvalue weighted by atomic mass is 10.1. The molecule has 0 unspecified atom stereocenters. The minimum atomic E-state index is -0.550. The molecule has 1 aliphatic heterocycles. The van der Waals surface area contributed by atoms with Crippen molar-refractivity contribution in [3.05, 3.63) is 53.6 Å². The van der Waals surface area contributed by atoms with Gasteiger partial charge in [-0.05, 0) is 32.0 Å². The predicted molar refractivity (Wildman–Crippen MR) is 123 cm³/mol. The van der Waals surface area contributed by atoms with Crippen LogP contribution in [0.15, 0.2) is 36.5 Å². The molecule has 2 aromatic rings. The molecule has 0 saturated carbocycles. The quantitative estimate of drug-likeness (QED) is 0.616. The van der Waals surface area contributed by atoms with Crippen LogP contribution < -0.4 is 10.6 Å². The van der Waals surface area contributed by atoms with Gasteiger partial charge in [-0.3, -0.25) is 9.88 Å². The Morgan fingerprint density at radius 3 is 2.70 bits per heavy atom. The number of nitrogens with one attached hydrogen (secondary N) is 2. The third kappa shape index (κ3) is 6.87. The molecule has 33 heavy (non-hydrogen) atoms. The van der Waals surface area contributed by atoms with E-state index in [9.17, 15) is 9.59 Å². The van der Waals surface area contributed by atoms with Gasteiger partial charge >= 0.3 is 12.1 Å². The fourth-order valence-corrected chi connectivity index (χ4v) is 3.61. The van der Waals surface area contributed by atoms with Gasteiger partial charge in [-0.1, -0.05) is 12.1 Å². The molecule has 0 radical (unpaired) electrons. The van der Waals surface area contributed by atoms with Crippen molar-refractivity contribution >= 4 is 23.5 Å². The maximum absolute atomic E-state index is 15.1. The number of anilines is 2. The molecule has 1 aliphatic rings. The highest BCUT2D eigenvalue weighted by atomic mass is 19.1. The fraction of sp³-hybridized carbons (Fsp3) is 0.435. The van der Waals surface area contributed by atoms with Crippen molar-refractivity contribution in [3.8, 4) is 0 Å². The van der Waals surface area contributed by atoms with Gasteiger partial charge in [0.1, 0.15) is 6.61 Å². The molecule has 178 valence electrons. The number of hydrogen-bond acceptors (Lipinski definition) is 6. The highest BCUT2D eigenvalue weighted by molar-refractivity contribution is 5.99. The number of urea groups is 1. The molecule has 1 atom stereocenters. The van der Waals surface area contributed by atoms with Crippen molar-refractivity contribution in [1.82, 2.24) is 14.8 Å². The number of hydrogen-bond donors (Lipinski definition) is 2. The summed E-state index contributed by atoms with van der Waals surface area (Å²) in [6, 6.07) is 7.78. The third-order valence-corrected chi connectivity index (χ3v) is 5.35. The SMILES string of the molecule is COCCOC(=O)N1CCN(Cc2cccc(NC(=O)Nc3ccc(C)nc3)c2F)C[C@@H]1C. The molecule has 3 amide bonds. The van der Waals surface area contributed by atoms with Crippen LogP contribution in [0.25, 0.3) is 0 Å². The van der Waals surface area contributed by atoms with E-state index in [1.54, 1.807) is 36.3 Å². The Kier molecular flexibility index (Phi) is 8.56. The van der Waals surface area contributed by atoms with E-state index in [0.29, 0.717) is 44.0 Å². The van der Waals surface area contributed by atoms with Gasteiger partial charge in [0.2, 0.25) is 0 Å². The Morgan fingerprint density at radius 1 is 1.18 bits per heavy atom. The first-order valence-electron chi connectivity index (χ1n) is 10.8. The van der Waals surface area contributed by atoms with E-state index >= 15 is 4.39 Å². The summed E-state index contributed by atoms with van der Waals surface area (Å²) in [5.74, 6) is -0.483. The van der Waals surface area contributed by atoms with Gasteiger partial charge in [0.15, 0.2) is 5.82 Å². The van der Waals surface area contributed by atoms with Crippen LogP contribution in [0.3, 0.4) is 0 Å². The lowest BCUT2D eigenvalue weighted by Crippen LogP contribution is -2.53. The molecule has 1 aromatic heterocycles.